The number of aromatic hydroxyl groups is 1. The maximum absolute atomic E-state index is 10.2. The van der Waals surface area contributed by atoms with E-state index >= 15 is 0 Å². The third kappa shape index (κ3) is 6.34. The summed E-state index contributed by atoms with van der Waals surface area (Å²) in [7, 11) is 0. The van der Waals surface area contributed by atoms with Crippen molar-refractivity contribution in [2.24, 2.45) is 0 Å². The van der Waals surface area contributed by atoms with Gasteiger partial charge < -0.3 is 19.3 Å². The van der Waals surface area contributed by atoms with Gasteiger partial charge in [0.25, 0.3) is 0 Å². The quantitative estimate of drug-likeness (QED) is 0.589. The second kappa shape index (κ2) is 11.5. The zero-order valence-electron chi connectivity index (χ0n) is 14.2. The van der Waals surface area contributed by atoms with Crippen LogP contribution in [0.2, 0.25) is 0 Å². The van der Waals surface area contributed by atoms with E-state index in [4.69, 9.17) is 14.2 Å². The van der Waals surface area contributed by atoms with Gasteiger partial charge in [0.15, 0.2) is 0 Å². The van der Waals surface area contributed by atoms with E-state index in [1.165, 1.54) is 0 Å². The largest absolute Gasteiger partial charge is 0.508 e. The molecule has 1 rings (SSSR count). The van der Waals surface area contributed by atoms with Crippen molar-refractivity contribution in [2.45, 2.75) is 59.9 Å². The van der Waals surface area contributed by atoms with Crippen LogP contribution in [-0.4, -0.2) is 24.9 Å². The molecule has 1 N–H and O–H groups in total. The zero-order chi connectivity index (χ0) is 16.2. The van der Waals surface area contributed by atoms with E-state index in [0.29, 0.717) is 33.0 Å². The second-order valence-electron chi connectivity index (χ2n) is 5.36. The molecule has 0 aromatic heterocycles. The van der Waals surface area contributed by atoms with Crippen LogP contribution in [0.1, 0.15) is 56.7 Å². The second-order valence-corrected chi connectivity index (χ2v) is 5.36. The SMILES string of the molecule is CCCOCc1ccc(O)c(COCCC)c1COCCC. The van der Waals surface area contributed by atoms with Crippen LogP contribution < -0.4 is 0 Å². The molecule has 0 saturated heterocycles. The van der Waals surface area contributed by atoms with Gasteiger partial charge in [-0.25, -0.2) is 0 Å². The van der Waals surface area contributed by atoms with Crippen LogP contribution >= 0.6 is 0 Å². The first-order valence-electron chi connectivity index (χ1n) is 8.30. The lowest BCUT2D eigenvalue weighted by Gasteiger charge is -2.17. The van der Waals surface area contributed by atoms with Crippen molar-refractivity contribution in [1.29, 1.82) is 0 Å². The van der Waals surface area contributed by atoms with Crippen molar-refractivity contribution in [3.05, 3.63) is 28.8 Å². The monoisotopic (exact) mass is 310 g/mol. The van der Waals surface area contributed by atoms with Crippen molar-refractivity contribution in [3.63, 3.8) is 0 Å². The number of phenolic OH excluding ortho intramolecular Hbond substituents is 1. The minimum absolute atomic E-state index is 0.269. The third-order valence-electron chi connectivity index (χ3n) is 3.30. The van der Waals surface area contributed by atoms with E-state index in [2.05, 4.69) is 20.8 Å². The Morgan fingerprint density at radius 2 is 1.23 bits per heavy atom. The van der Waals surface area contributed by atoms with Gasteiger partial charge in [-0.15, -0.1) is 0 Å². The Labute approximate surface area is 134 Å². The lowest BCUT2D eigenvalue weighted by Crippen LogP contribution is -2.07. The number of phenols is 1. The van der Waals surface area contributed by atoms with Crippen molar-refractivity contribution in [2.75, 3.05) is 19.8 Å². The molecule has 0 atom stereocenters. The van der Waals surface area contributed by atoms with Gasteiger partial charge in [-0.05, 0) is 36.5 Å². The summed E-state index contributed by atoms with van der Waals surface area (Å²) in [5, 5.41) is 10.2. The summed E-state index contributed by atoms with van der Waals surface area (Å²) in [5.41, 5.74) is 2.89. The van der Waals surface area contributed by atoms with Gasteiger partial charge in [0.2, 0.25) is 0 Å². The van der Waals surface area contributed by atoms with Crippen LogP contribution in [0.4, 0.5) is 0 Å². The standard InChI is InChI=1S/C18H30O4/c1-4-9-20-12-15-7-8-18(19)17(14-22-11-6-3)16(15)13-21-10-5-2/h7-8,19H,4-6,9-14H2,1-3H3. The van der Waals surface area contributed by atoms with Gasteiger partial charge in [-0.1, -0.05) is 26.8 Å². The predicted octanol–water partition coefficient (Wildman–Crippen LogP) is 4.17. The topological polar surface area (TPSA) is 47.9 Å². The van der Waals surface area contributed by atoms with E-state index in [1.54, 1.807) is 6.07 Å². The Morgan fingerprint density at radius 1 is 0.727 bits per heavy atom. The number of hydrogen-bond acceptors (Lipinski definition) is 4. The Morgan fingerprint density at radius 3 is 1.77 bits per heavy atom. The van der Waals surface area contributed by atoms with Gasteiger partial charge in [0.1, 0.15) is 5.75 Å². The number of ether oxygens (including phenoxy) is 3. The molecule has 0 bridgehead atoms. The maximum atomic E-state index is 10.2. The molecule has 0 radical (unpaired) electrons. The molecule has 0 saturated carbocycles. The molecule has 4 heteroatoms. The lowest BCUT2D eigenvalue weighted by atomic mass is 10.0. The first-order valence-corrected chi connectivity index (χ1v) is 8.30. The lowest BCUT2D eigenvalue weighted by molar-refractivity contribution is 0.0987. The number of benzene rings is 1. The van der Waals surface area contributed by atoms with Crippen molar-refractivity contribution >= 4 is 0 Å². The molecule has 0 aliphatic rings. The van der Waals surface area contributed by atoms with Crippen LogP contribution in [0.5, 0.6) is 5.75 Å². The summed E-state index contributed by atoms with van der Waals surface area (Å²) < 4.78 is 17.0. The van der Waals surface area contributed by atoms with Crippen molar-refractivity contribution in [1.82, 2.24) is 0 Å². The van der Waals surface area contributed by atoms with Gasteiger partial charge in [0, 0.05) is 25.4 Å². The summed E-state index contributed by atoms with van der Waals surface area (Å²) in [6.45, 7) is 9.80. The molecule has 0 aliphatic heterocycles. The molecular weight excluding hydrogens is 280 g/mol. The fraction of sp³-hybridized carbons (Fsp3) is 0.667. The maximum Gasteiger partial charge on any atom is 0.121 e. The van der Waals surface area contributed by atoms with Gasteiger partial charge in [0.05, 0.1) is 19.8 Å². The molecule has 0 spiro atoms. The molecular formula is C18H30O4. The highest BCUT2D eigenvalue weighted by atomic mass is 16.5. The van der Waals surface area contributed by atoms with Gasteiger partial charge in [-0.3, -0.25) is 0 Å². The van der Waals surface area contributed by atoms with Gasteiger partial charge in [-0.2, -0.15) is 0 Å². The highest BCUT2D eigenvalue weighted by molar-refractivity contribution is 5.43. The third-order valence-corrected chi connectivity index (χ3v) is 3.30. The van der Waals surface area contributed by atoms with Crippen LogP contribution in [-0.2, 0) is 34.0 Å². The molecule has 1 aromatic carbocycles. The average molecular weight is 310 g/mol. The molecule has 0 heterocycles. The fourth-order valence-electron chi connectivity index (χ4n) is 2.17. The summed E-state index contributed by atoms with van der Waals surface area (Å²) in [6.07, 6.45) is 2.93. The molecule has 22 heavy (non-hydrogen) atoms. The van der Waals surface area contributed by atoms with E-state index in [0.717, 1.165) is 42.6 Å². The fourth-order valence-corrected chi connectivity index (χ4v) is 2.17. The normalized spacial score (nSPS) is 11.0. The van der Waals surface area contributed by atoms with Crippen LogP contribution in [0, 0.1) is 0 Å². The summed E-state index contributed by atoms with van der Waals surface area (Å²) in [5.74, 6) is 0.269. The first kappa shape index (κ1) is 18.9. The summed E-state index contributed by atoms with van der Waals surface area (Å²) >= 11 is 0. The minimum atomic E-state index is 0.269. The molecule has 1 aromatic rings. The van der Waals surface area contributed by atoms with Crippen molar-refractivity contribution in [3.8, 4) is 5.75 Å². The summed E-state index contributed by atoms with van der Waals surface area (Å²) in [4.78, 5) is 0. The van der Waals surface area contributed by atoms with Gasteiger partial charge >= 0.3 is 0 Å². The Balaban J connectivity index is 2.89. The summed E-state index contributed by atoms with van der Waals surface area (Å²) in [6, 6.07) is 3.64. The van der Waals surface area contributed by atoms with Crippen LogP contribution in [0.3, 0.4) is 0 Å². The Hall–Kier alpha value is -1.10. The van der Waals surface area contributed by atoms with E-state index in [-0.39, 0.29) is 5.75 Å². The molecule has 0 fully saturated rings. The Bertz CT molecular complexity index is 418. The average Bonchev–Trinajstić information content (AvgIpc) is 2.52. The molecule has 0 aliphatic carbocycles. The minimum Gasteiger partial charge on any atom is -0.508 e. The van der Waals surface area contributed by atoms with Crippen LogP contribution in [0.25, 0.3) is 0 Å². The predicted molar refractivity (Wildman–Crippen MR) is 87.9 cm³/mol. The van der Waals surface area contributed by atoms with E-state index in [1.807, 2.05) is 6.07 Å². The molecule has 126 valence electrons. The number of hydrogen-bond donors (Lipinski definition) is 1. The smallest absolute Gasteiger partial charge is 0.121 e. The van der Waals surface area contributed by atoms with E-state index < -0.39 is 0 Å². The van der Waals surface area contributed by atoms with Crippen molar-refractivity contribution < 1.29 is 19.3 Å². The molecule has 0 amide bonds. The highest BCUT2D eigenvalue weighted by Gasteiger charge is 2.14. The zero-order valence-corrected chi connectivity index (χ0v) is 14.2. The molecule has 4 nitrogen and oxygen atoms in total. The Kier molecular flexibility index (Phi) is 9.87. The highest BCUT2D eigenvalue weighted by Crippen LogP contribution is 2.27. The number of rotatable bonds is 12. The molecule has 0 unspecified atom stereocenters. The van der Waals surface area contributed by atoms with E-state index in [9.17, 15) is 5.11 Å². The van der Waals surface area contributed by atoms with Crippen LogP contribution in [0.15, 0.2) is 12.1 Å². The first-order chi connectivity index (χ1) is 10.7.